The van der Waals surface area contributed by atoms with Gasteiger partial charge in [0.1, 0.15) is 5.60 Å². The number of aliphatic carboxylic acids is 2. The van der Waals surface area contributed by atoms with E-state index in [-0.39, 0.29) is 11.7 Å². The molecule has 1 amide bonds. The van der Waals surface area contributed by atoms with Gasteiger partial charge in [0.25, 0.3) is 0 Å². The molecule has 0 radical (unpaired) electrons. The van der Waals surface area contributed by atoms with E-state index in [1.165, 1.54) is 6.42 Å². The highest BCUT2D eigenvalue weighted by atomic mass is 16.6. The molecule has 8 heteroatoms. The number of nitrogens with one attached hydrogen (secondary N) is 1. The average molecular weight is 302 g/mol. The molecule has 2 heterocycles. The molecule has 0 bridgehead atoms. The van der Waals surface area contributed by atoms with E-state index >= 15 is 0 Å². The normalized spacial score (nSPS) is 19.3. The molecule has 1 spiro atoms. The first-order valence-corrected chi connectivity index (χ1v) is 6.70. The van der Waals surface area contributed by atoms with Crippen molar-refractivity contribution in [2.24, 2.45) is 5.41 Å². The smallest absolute Gasteiger partial charge is 0.414 e. The minimum Gasteiger partial charge on any atom is -0.473 e. The number of carboxylic acids is 2. The lowest BCUT2D eigenvalue weighted by Crippen LogP contribution is -2.60. The fourth-order valence-electron chi connectivity index (χ4n) is 2.28. The second kappa shape index (κ2) is 6.30. The molecule has 2 rings (SSSR count). The molecule has 21 heavy (non-hydrogen) atoms. The van der Waals surface area contributed by atoms with Crippen molar-refractivity contribution < 1.29 is 29.3 Å². The Morgan fingerprint density at radius 3 is 2.00 bits per heavy atom. The number of hydrogen-bond acceptors (Lipinski definition) is 5. The summed E-state index contributed by atoms with van der Waals surface area (Å²) in [6, 6.07) is 0. The van der Waals surface area contributed by atoms with Gasteiger partial charge in [0.15, 0.2) is 0 Å². The van der Waals surface area contributed by atoms with E-state index in [2.05, 4.69) is 5.32 Å². The molecule has 2 aliphatic heterocycles. The maximum Gasteiger partial charge on any atom is 0.414 e. The summed E-state index contributed by atoms with van der Waals surface area (Å²) in [7, 11) is 0. The van der Waals surface area contributed by atoms with Crippen LogP contribution in [0, 0.1) is 5.41 Å². The number of likely N-dealkylation sites (tertiary alicyclic amines) is 1. The first-order valence-electron chi connectivity index (χ1n) is 6.70. The van der Waals surface area contributed by atoms with Gasteiger partial charge in [-0.2, -0.15) is 0 Å². The van der Waals surface area contributed by atoms with E-state index in [1.807, 2.05) is 20.8 Å². The second-order valence-corrected chi connectivity index (χ2v) is 6.37. The van der Waals surface area contributed by atoms with Crippen LogP contribution >= 0.6 is 0 Å². The first-order chi connectivity index (χ1) is 9.55. The predicted octanol–water partition coefficient (Wildman–Crippen LogP) is 0.372. The Labute approximate surface area is 123 Å². The van der Waals surface area contributed by atoms with Crippen LogP contribution in [-0.4, -0.2) is 64.9 Å². The average Bonchev–Trinajstić information content (AvgIpc) is 2.74. The van der Waals surface area contributed by atoms with Crippen LogP contribution in [0.1, 0.15) is 27.2 Å². The summed E-state index contributed by atoms with van der Waals surface area (Å²) < 4.78 is 5.31. The van der Waals surface area contributed by atoms with Crippen LogP contribution in [0.25, 0.3) is 0 Å². The summed E-state index contributed by atoms with van der Waals surface area (Å²) in [5, 5.41) is 18.1. The van der Waals surface area contributed by atoms with E-state index in [1.54, 1.807) is 4.90 Å². The highest BCUT2D eigenvalue weighted by Crippen LogP contribution is 2.36. The number of carbonyl (C=O) groups is 3. The summed E-state index contributed by atoms with van der Waals surface area (Å²) in [5.74, 6) is -3.65. The van der Waals surface area contributed by atoms with Gasteiger partial charge in [-0.15, -0.1) is 0 Å². The summed E-state index contributed by atoms with van der Waals surface area (Å²) in [4.78, 5) is 31.7. The number of carboxylic acid groups (broad SMARTS) is 2. The van der Waals surface area contributed by atoms with Gasteiger partial charge in [0.2, 0.25) is 0 Å². The number of hydrogen-bond donors (Lipinski definition) is 3. The largest absolute Gasteiger partial charge is 0.473 e. The number of rotatable bonds is 0. The molecule has 0 aromatic heterocycles. The Bertz CT molecular complexity index is 403. The molecule has 0 aliphatic carbocycles. The van der Waals surface area contributed by atoms with Crippen molar-refractivity contribution in [1.82, 2.24) is 10.2 Å². The van der Waals surface area contributed by atoms with Crippen LogP contribution in [0.4, 0.5) is 4.79 Å². The molecule has 8 nitrogen and oxygen atoms in total. The molecule has 0 aromatic carbocycles. The van der Waals surface area contributed by atoms with Gasteiger partial charge >= 0.3 is 18.0 Å². The zero-order chi connectivity index (χ0) is 16.3. The van der Waals surface area contributed by atoms with E-state index in [0.717, 1.165) is 26.2 Å². The summed E-state index contributed by atoms with van der Waals surface area (Å²) in [6.45, 7) is 9.55. The Hall–Kier alpha value is -1.83. The fraction of sp³-hybridized carbons (Fsp3) is 0.769. The summed E-state index contributed by atoms with van der Waals surface area (Å²) in [6.07, 6.45) is 1.02. The van der Waals surface area contributed by atoms with Gasteiger partial charge in [-0.25, -0.2) is 14.4 Å². The van der Waals surface area contributed by atoms with Crippen LogP contribution < -0.4 is 5.32 Å². The van der Waals surface area contributed by atoms with Crippen LogP contribution in [0.15, 0.2) is 0 Å². The fourth-order valence-corrected chi connectivity index (χ4v) is 2.28. The number of carbonyl (C=O) groups excluding carboxylic acids is 1. The standard InChI is InChI=1S/C11H20N2O2.C2H2O4/c1-10(2,3)15-9(14)13-7-11(8-13)4-5-12-6-11;3-1(4)2(5)6/h12H,4-8H2,1-3H3;(H,3,4)(H,5,6). The summed E-state index contributed by atoms with van der Waals surface area (Å²) in [5.41, 5.74) is -0.0231. The number of amides is 1. The predicted molar refractivity (Wildman–Crippen MR) is 73.0 cm³/mol. The van der Waals surface area contributed by atoms with Crippen molar-refractivity contribution in [2.75, 3.05) is 26.2 Å². The Balaban J connectivity index is 0.000000315. The van der Waals surface area contributed by atoms with Crippen LogP contribution in [0.5, 0.6) is 0 Å². The van der Waals surface area contributed by atoms with Gasteiger partial charge in [-0.1, -0.05) is 0 Å². The van der Waals surface area contributed by atoms with Crippen molar-refractivity contribution in [3.63, 3.8) is 0 Å². The molecule has 120 valence electrons. The van der Waals surface area contributed by atoms with Gasteiger partial charge in [0, 0.05) is 25.0 Å². The van der Waals surface area contributed by atoms with E-state index in [9.17, 15) is 4.79 Å². The van der Waals surface area contributed by atoms with E-state index in [0.29, 0.717) is 5.41 Å². The van der Waals surface area contributed by atoms with Crippen molar-refractivity contribution in [2.45, 2.75) is 32.8 Å². The van der Waals surface area contributed by atoms with E-state index < -0.39 is 11.9 Å². The topological polar surface area (TPSA) is 116 Å². The zero-order valence-corrected chi connectivity index (χ0v) is 12.5. The third kappa shape index (κ3) is 5.22. The second-order valence-electron chi connectivity index (χ2n) is 6.37. The third-order valence-corrected chi connectivity index (χ3v) is 3.22. The van der Waals surface area contributed by atoms with Crippen molar-refractivity contribution in [3.05, 3.63) is 0 Å². The highest BCUT2D eigenvalue weighted by molar-refractivity contribution is 6.27. The minimum absolute atomic E-state index is 0.167. The lowest BCUT2D eigenvalue weighted by Gasteiger charge is -2.47. The Morgan fingerprint density at radius 2 is 1.67 bits per heavy atom. The van der Waals surface area contributed by atoms with Gasteiger partial charge in [-0.05, 0) is 33.7 Å². The molecule has 0 aromatic rings. The summed E-state index contributed by atoms with van der Waals surface area (Å²) >= 11 is 0. The van der Waals surface area contributed by atoms with Crippen molar-refractivity contribution in [1.29, 1.82) is 0 Å². The Kier molecular flexibility index (Phi) is 5.16. The SMILES string of the molecule is CC(C)(C)OC(=O)N1CC2(CCNC2)C1.O=C(O)C(=O)O. The lowest BCUT2D eigenvalue weighted by atomic mass is 9.79. The lowest BCUT2D eigenvalue weighted by molar-refractivity contribution is -0.159. The van der Waals surface area contributed by atoms with Crippen LogP contribution in [-0.2, 0) is 14.3 Å². The zero-order valence-electron chi connectivity index (χ0n) is 12.5. The Morgan fingerprint density at radius 1 is 1.14 bits per heavy atom. The molecular formula is C13H22N2O6. The third-order valence-electron chi connectivity index (χ3n) is 3.22. The van der Waals surface area contributed by atoms with Gasteiger partial charge in [-0.3, -0.25) is 0 Å². The molecule has 0 unspecified atom stereocenters. The van der Waals surface area contributed by atoms with Gasteiger partial charge in [0.05, 0.1) is 0 Å². The maximum absolute atomic E-state index is 11.7. The molecular weight excluding hydrogens is 280 g/mol. The van der Waals surface area contributed by atoms with Crippen molar-refractivity contribution >= 4 is 18.0 Å². The molecule has 2 aliphatic rings. The van der Waals surface area contributed by atoms with Crippen LogP contribution in [0.2, 0.25) is 0 Å². The minimum atomic E-state index is -1.82. The van der Waals surface area contributed by atoms with Crippen LogP contribution in [0.3, 0.4) is 0 Å². The molecule has 0 saturated carbocycles. The number of ether oxygens (including phenoxy) is 1. The maximum atomic E-state index is 11.7. The number of nitrogens with zero attached hydrogens (tertiary/aromatic N) is 1. The van der Waals surface area contributed by atoms with E-state index in [4.69, 9.17) is 24.5 Å². The first kappa shape index (κ1) is 17.2. The van der Waals surface area contributed by atoms with Gasteiger partial charge < -0.3 is 25.2 Å². The highest BCUT2D eigenvalue weighted by Gasteiger charge is 2.47. The molecule has 2 fully saturated rings. The van der Waals surface area contributed by atoms with Crippen molar-refractivity contribution in [3.8, 4) is 0 Å². The molecule has 3 N–H and O–H groups in total. The quantitative estimate of drug-likeness (QED) is 0.554. The molecule has 2 saturated heterocycles. The monoisotopic (exact) mass is 302 g/mol. The molecule has 0 atom stereocenters.